The molecule has 5 nitrogen and oxygen atoms in total. The summed E-state index contributed by atoms with van der Waals surface area (Å²) in [7, 11) is 0. The molecule has 1 aromatic heterocycles. The topological polar surface area (TPSA) is 48.5 Å². The molecule has 2 aromatic rings. The van der Waals surface area contributed by atoms with Crippen molar-refractivity contribution in [3.8, 4) is 0 Å². The normalized spacial score (nSPS) is 15.1. The molecule has 0 unspecified atom stereocenters. The van der Waals surface area contributed by atoms with E-state index in [0.29, 0.717) is 23.1 Å². The highest BCUT2D eigenvalue weighted by molar-refractivity contribution is 6.42. The molecule has 0 atom stereocenters. The summed E-state index contributed by atoms with van der Waals surface area (Å²) in [6.07, 6.45) is 1.79. The molecule has 0 spiro atoms. The van der Waals surface area contributed by atoms with E-state index in [4.69, 9.17) is 23.2 Å². The van der Waals surface area contributed by atoms with Crippen LogP contribution in [0.3, 0.4) is 0 Å². The quantitative estimate of drug-likeness (QED) is 0.824. The number of piperazine rings is 1. The van der Waals surface area contributed by atoms with Gasteiger partial charge in [0.15, 0.2) is 0 Å². The molecule has 1 fully saturated rings. The van der Waals surface area contributed by atoms with E-state index in [9.17, 15) is 4.79 Å². The van der Waals surface area contributed by atoms with Gasteiger partial charge in [-0.25, -0.2) is 4.98 Å². The predicted octanol–water partition coefficient (Wildman–Crippen LogP) is 3.56. The summed E-state index contributed by atoms with van der Waals surface area (Å²) < 4.78 is 0. The summed E-state index contributed by atoms with van der Waals surface area (Å²) in [6.45, 7) is 7.31. The summed E-state index contributed by atoms with van der Waals surface area (Å²) in [6, 6.07) is 11.4. The minimum Gasteiger partial charge on any atom is -0.353 e. The minimum atomic E-state index is -0.389. The van der Waals surface area contributed by atoms with Crippen molar-refractivity contribution in [1.82, 2.24) is 15.2 Å². The van der Waals surface area contributed by atoms with Gasteiger partial charge < -0.3 is 9.80 Å². The first kappa shape index (κ1) is 19.9. The van der Waals surface area contributed by atoms with Crippen molar-refractivity contribution in [1.29, 1.82) is 0 Å². The zero-order valence-corrected chi connectivity index (χ0v) is 17.1. The van der Waals surface area contributed by atoms with Crippen LogP contribution in [0.15, 0.2) is 42.6 Å². The number of hydrogen-bond donors (Lipinski definition) is 1. The van der Waals surface area contributed by atoms with Gasteiger partial charge in [0.25, 0.3) is 0 Å². The van der Waals surface area contributed by atoms with E-state index in [-0.39, 0.29) is 18.0 Å². The zero-order chi connectivity index (χ0) is 19.4. The molecule has 0 saturated carbocycles. The number of halogens is 2. The van der Waals surface area contributed by atoms with Crippen LogP contribution >= 0.6 is 23.2 Å². The first-order valence-electron chi connectivity index (χ1n) is 9.01. The fraction of sp³-hybridized carbons (Fsp3) is 0.400. The van der Waals surface area contributed by atoms with E-state index in [2.05, 4.69) is 15.2 Å². The van der Waals surface area contributed by atoms with Crippen LogP contribution < -0.4 is 10.2 Å². The van der Waals surface area contributed by atoms with Crippen molar-refractivity contribution in [3.63, 3.8) is 0 Å². The lowest BCUT2D eigenvalue weighted by atomic mass is 9.94. The second-order valence-electron chi connectivity index (χ2n) is 7.16. The molecule has 0 radical (unpaired) electrons. The molecule has 1 aliphatic rings. The lowest BCUT2D eigenvalue weighted by Gasteiger charge is -2.36. The van der Waals surface area contributed by atoms with Crippen LogP contribution in [0.1, 0.15) is 19.4 Å². The number of benzene rings is 1. The maximum Gasteiger partial charge on any atom is 0.236 e. The van der Waals surface area contributed by atoms with Gasteiger partial charge in [0.1, 0.15) is 5.82 Å². The lowest BCUT2D eigenvalue weighted by Crippen LogP contribution is -2.52. The molecule has 0 aliphatic carbocycles. The highest BCUT2D eigenvalue weighted by Crippen LogP contribution is 2.28. The summed E-state index contributed by atoms with van der Waals surface area (Å²) in [5.74, 6) is 1.06. The van der Waals surface area contributed by atoms with Gasteiger partial charge in [-0.3, -0.25) is 10.1 Å². The third-order valence-electron chi connectivity index (χ3n) is 4.93. The Balaban J connectivity index is 1.53. The van der Waals surface area contributed by atoms with Crippen LogP contribution in [0.4, 0.5) is 5.82 Å². The number of pyridine rings is 1. The fourth-order valence-corrected chi connectivity index (χ4v) is 3.42. The number of amides is 1. The first-order valence-corrected chi connectivity index (χ1v) is 9.77. The summed E-state index contributed by atoms with van der Waals surface area (Å²) in [5.41, 5.74) is 0.601. The monoisotopic (exact) mass is 406 g/mol. The maximum atomic E-state index is 12.6. The first-order chi connectivity index (χ1) is 12.9. The highest BCUT2D eigenvalue weighted by Gasteiger charge is 2.25. The summed E-state index contributed by atoms with van der Waals surface area (Å²) >= 11 is 12.1. The fourth-order valence-electron chi connectivity index (χ4n) is 3.12. The molecular formula is C20H24Cl2N4O. The second-order valence-corrected chi connectivity index (χ2v) is 7.98. The Bertz CT molecular complexity index is 790. The van der Waals surface area contributed by atoms with E-state index in [1.54, 1.807) is 12.3 Å². The van der Waals surface area contributed by atoms with Gasteiger partial charge in [-0.05, 0) is 43.7 Å². The molecule has 3 rings (SSSR count). The molecule has 1 N–H and O–H groups in total. The Morgan fingerprint density at radius 1 is 1.11 bits per heavy atom. The average molecular weight is 407 g/mol. The van der Waals surface area contributed by atoms with Crippen LogP contribution in [-0.2, 0) is 10.3 Å². The van der Waals surface area contributed by atoms with E-state index in [0.717, 1.165) is 24.5 Å². The summed E-state index contributed by atoms with van der Waals surface area (Å²) in [5, 5.41) is 4.38. The molecule has 144 valence electrons. The van der Waals surface area contributed by atoms with Crippen molar-refractivity contribution in [2.24, 2.45) is 0 Å². The molecule has 27 heavy (non-hydrogen) atoms. The van der Waals surface area contributed by atoms with Gasteiger partial charge in [-0.1, -0.05) is 35.3 Å². The number of anilines is 1. The highest BCUT2D eigenvalue weighted by atomic mass is 35.5. The van der Waals surface area contributed by atoms with Gasteiger partial charge >= 0.3 is 0 Å². The third-order valence-corrected chi connectivity index (χ3v) is 5.67. The SMILES string of the molecule is CC(C)(NCC(=O)N1CCN(c2ccccn2)CC1)c1ccc(Cl)c(Cl)c1. The molecule has 1 saturated heterocycles. The zero-order valence-electron chi connectivity index (χ0n) is 15.6. The van der Waals surface area contributed by atoms with Gasteiger partial charge in [0.05, 0.1) is 16.6 Å². The predicted molar refractivity (Wildman–Crippen MR) is 111 cm³/mol. The Morgan fingerprint density at radius 3 is 2.48 bits per heavy atom. The van der Waals surface area contributed by atoms with Crippen molar-refractivity contribution in [3.05, 3.63) is 58.2 Å². The molecule has 2 heterocycles. The Morgan fingerprint density at radius 2 is 1.85 bits per heavy atom. The Labute approximate surface area is 170 Å². The van der Waals surface area contributed by atoms with Crippen LogP contribution in [-0.4, -0.2) is 48.5 Å². The number of aromatic nitrogens is 1. The molecule has 1 aliphatic heterocycles. The number of rotatable bonds is 5. The van der Waals surface area contributed by atoms with Crippen molar-refractivity contribution in [2.45, 2.75) is 19.4 Å². The maximum absolute atomic E-state index is 12.6. The average Bonchev–Trinajstić information content (AvgIpc) is 2.69. The van der Waals surface area contributed by atoms with Crippen LogP contribution in [0.5, 0.6) is 0 Å². The second kappa shape index (κ2) is 8.46. The van der Waals surface area contributed by atoms with Crippen LogP contribution in [0.25, 0.3) is 0 Å². The third kappa shape index (κ3) is 4.92. The number of hydrogen-bond acceptors (Lipinski definition) is 4. The van der Waals surface area contributed by atoms with Crippen molar-refractivity contribution in [2.75, 3.05) is 37.6 Å². The summed E-state index contributed by atoms with van der Waals surface area (Å²) in [4.78, 5) is 21.1. The lowest BCUT2D eigenvalue weighted by molar-refractivity contribution is -0.130. The van der Waals surface area contributed by atoms with Crippen molar-refractivity contribution < 1.29 is 4.79 Å². The van der Waals surface area contributed by atoms with Crippen molar-refractivity contribution >= 4 is 34.9 Å². The Hall–Kier alpha value is -1.82. The number of nitrogens with one attached hydrogen (secondary N) is 1. The van der Waals surface area contributed by atoms with Gasteiger partial charge in [-0.15, -0.1) is 0 Å². The van der Waals surface area contributed by atoms with E-state index in [1.165, 1.54) is 0 Å². The van der Waals surface area contributed by atoms with Crippen LogP contribution in [0.2, 0.25) is 10.0 Å². The smallest absolute Gasteiger partial charge is 0.236 e. The van der Waals surface area contributed by atoms with Crippen LogP contribution in [0, 0.1) is 0 Å². The molecule has 1 amide bonds. The standard InChI is InChI=1S/C20H24Cl2N4O/c1-20(2,15-6-7-16(21)17(22)13-15)24-14-19(27)26-11-9-25(10-12-26)18-5-3-4-8-23-18/h3-8,13,24H,9-12,14H2,1-2H3. The minimum absolute atomic E-state index is 0.101. The Kier molecular flexibility index (Phi) is 6.25. The van der Waals surface area contributed by atoms with E-state index >= 15 is 0 Å². The van der Waals surface area contributed by atoms with Gasteiger partial charge in [0.2, 0.25) is 5.91 Å². The largest absolute Gasteiger partial charge is 0.353 e. The molecule has 0 bridgehead atoms. The molecular weight excluding hydrogens is 383 g/mol. The van der Waals surface area contributed by atoms with Gasteiger partial charge in [-0.2, -0.15) is 0 Å². The van der Waals surface area contributed by atoms with Gasteiger partial charge in [0, 0.05) is 37.9 Å². The van der Waals surface area contributed by atoms with E-state index in [1.807, 2.05) is 49.1 Å². The van der Waals surface area contributed by atoms with E-state index < -0.39 is 0 Å². The molecule has 7 heteroatoms. The molecule has 1 aromatic carbocycles. The number of nitrogens with zero attached hydrogens (tertiary/aromatic N) is 3. The number of carbonyl (C=O) groups is 1. The number of carbonyl (C=O) groups excluding carboxylic acids is 1.